The summed E-state index contributed by atoms with van der Waals surface area (Å²) >= 11 is 9.18. The first-order valence-electron chi connectivity index (χ1n) is 5.03. The Labute approximate surface area is 117 Å². The first-order valence-corrected chi connectivity index (χ1v) is 6.21. The van der Waals surface area contributed by atoms with Gasteiger partial charge in [-0.2, -0.15) is 5.10 Å². The number of nitrogens with zero attached hydrogens (tertiary/aromatic N) is 3. The topological polar surface area (TPSA) is 68.0 Å². The first kappa shape index (κ1) is 13.0. The molecule has 0 spiro atoms. The van der Waals surface area contributed by atoms with Crippen molar-refractivity contribution in [1.82, 2.24) is 14.8 Å². The zero-order chi connectivity index (χ0) is 13.4. The van der Waals surface area contributed by atoms with Gasteiger partial charge in [0.05, 0.1) is 20.9 Å². The van der Waals surface area contributed by atoms with Crippen LogP contribution in [0, 0.1) is 13.8 Å². The van der Waals surface area contributed by atoms with Gasteiger partial charge in [-0.25, -0.2) is 14.5 Å². The monoisotopic (exact) mass is 329 g/mol. The van der Waals surface area contributed by atoms with Crippen LogP contribution in [0.3, 0.4) is 0 Å². The second-order valence-corrected chi connectivity index (χ2v) is 4.90. The van der Waals surface area contributed by atoms with Crippen LogP contribution in [0.25, 0.3) is 5.82 Å². The minimum Gasteiger partial charge on any atom is -0.476 e. The van der Waals surface area contributed by atoms with Crippen molar-refractivity contribution in [3.8, 4) is 5.82 Å². The van der Waals surface area contributed by atoms with Gasteiger partial charge >= 0.3 is 5.97 Å². The lowest BCUT2D eigenvalue weighted by Gasteiger charge is -2.05. The van der Waals surface area contributed by atoms with E-state index in [1.54, 1.807) is 10.7 Å². The number of aryl methyl sites for hydroxylation is 1. The molecule has 0 saturated heterocycles. The van der Waals surface area contributed by atoms with Crippen LogP contribution in [-0.4, -0.2) is 25.8 Å². The summed E-state index contributed by atoms with van der Waals surface area (Å²) in [4.78, 5) is 15.0. The summed E-state index contributed by atoms with van der Waals surface area (Å²) in [5, 5.41) is 13.4. The highest BCUT2D eigenvalue weighted by molar-refractivity contribution is 9.10. The van der Waals surface area contributed by atoms with Gasteiger partial charge in [0.15, 0.2) is 11.5 Å². The van der Waals surface area contributed by atoms with Crippen LogP contribution in [0.5, 0.6) is 0 Å². The number of carbonyl (C=O) groups is 1. The Hall–Kier alpha value is -1.40. The molecule has 18 heavy (non-hydrogen) atoms. The van der Waals surface area contributed by atoms with Crippen molar-refractivity contribution in [3.63, 3.8) is 0 Å². The lowest BCUT2D eigenvalue weighted by molar-refractivity contribution is 0.0690. The number of aromatic carboxylic acids is 1. The van der Waals surface area contributed by atoms with E-state index in [0.717, 1.165) is 15.9 Å². The third kappa shape index (κ3) is 2.13. The van der Waals surface area contributed by atoms with E-state index in [1.165, 1.54) is 6.07 Å². The van der Waals surface area contributed by atoms with Crippen molar-refractivity contribution in [2.45, 2.75) is 13.8 Å². The van der Waals surface area contributed by atoms with E-state index in [4.69, 9.17) is 16.7 Å². The van der Waals surface area contributed by atoms with Gasteiger partial charge in [0.25, 0.3) is 0 Å². The van der Waals surface area contributed by atoms with E-state index in [0.29, 0.717) is 5.82 Å². The van der Waals surface area contributed by atoms with Gasteiger partial charge in [-0.15, -0.1) is 0 Å². The minimum absolute atomic E-state index is 0.104. The molecule has 0 aliphatic rings. The molecule has 0 aromatic carbocycles. The average molecular weight is 331 g/mol. The van der Waals surface area contributed by atoms with E-state index < -0.39 is 5.97 Å². The summed E-state index contributed by atoms with van der Waals surface area (Å²) in [5.74, 6) is -0.745. The molecule has 0 radical (unpaired) electrons. The number of carboxylic acids is 1. The molecule has 2 rings (SSSR count). The maximum Gasteiger partial charge on any atom is 0.356 e. The van der Waals surface area contributed by atoms with Crippen LogP contribution in [0.2, 0.25) is 5.02 Å². The minimum atomic E-state index is -1.16. The highest BCUT2D eigenvalue weighted by atomic mass is 79.9. The number of pyridine rings is 1. The molecular formula is C11H9BrClN3O2. The van der Waals surface area contributed by atoms with E-state index in [9.17, 15) is 4.79 Å². The molecular weight excluding hydrogens is 321 g/mol. The molecule has 0 aliphatic carbocycles. The Balaban J connectivity index is 2.61. The zero-order valence-electron chi connectivity index (χ0n) is 9.61. The average Bonchev–Trinajstić information content (AvgIpc) is 2.57. The summed E-state index contributed by atoms with van der Waals surface area (Å²) in [6, 6.07) is 3.12. The molecule has 2 aromatic rings. The molecule has 0 aliphatic heterocycles. The third-order valence-corrected chi connectivity index (χ3v) is 3.91. The Morgan fingerprint density at radius 1 is 1.44 bits per heavy atom. The van der Waals surface area contributed by atoms with Crippen LogP contribution in [0.1, 0.15) is 21.9 Å². The van der Waals surface area contributed by atoms with Crippen LogP contribution in [-0.2, 0) is 0 Å². The Morgan fingerprint density at radius 2 is 2.11 bits per heavy atom. The van der Waals surface area contributed by atoms with Gasteiger partial charge in [-0.05, 0) is 41.9 Å². The number of carboxylic acid groups (broad SMARTS) is 1. The van der Waals surface area contributed by atoms with Gasteiger partial charge in [0, 0.05) is 0 Å². The second kappa shape index (κ2) is 4.70. The van der Waals surface area contributed by atoms with E-state index >= 15 is 0 Å². The van der Waals surface area contributed by atoms with Crippen LogP contribution in [0.15, 0.2) is 16.6 Å². The van der Waals surface area contributed by atoms with Crippen LogP contribution < -0.4 is 0 Å². The molecule has 94 valence electrons. The molecule has 0 unspecified atom stereocenters. The van der Waals surface area contributed by atoms with Crippen molar-refractivity contribution in [1.29, 1.82) is 0 Å². The van der Waals surface area contributed by atoms with Crippen LogP contribution in [0.4, 0.5) is 0 Å². The van der Waals surface area contributed by atoms with Crippen molar-refractivity contribution >= 4 is 33.5 Å². The largest absolute Gasteiger partial charge is 0.476 e. The van der Waals surface area contributed by atoms with Gasteiger partial charge in [0.1, 0.15) is 0 Å². The molecule has 0 amide bonds. The van der Waals surface area contributed by atoms with Crippen molar-refractivity contribution in [2.75, 3.05) is 0 Å². The van der Waals surface area contributed by atoms with Gasteiger partial charge in [-0.1, -0.05) is 11.6 Å². The fourth-order valence-electron chi connectivity index (χ4n) is 1.55. The van der Waals surface area contributed by atoms with E-state index in [-0.39, 0.29) is 10.7 Å². The Kier molecular flexibility index (Phi) is 3.41. The molecule has 0 saturated carbocycles. The standard InChI is InChI=1S/C11H9BrClN3O2/c1-5-9(12)6(2)16(15-5)8-4-3-7(13)10(14-8)11(17)18/h3-4H,1-2H3,(H,17,18). The van der Waals surface area contributed by atoms with Gasteiger partial charge < -0.3 is 5.11 Å². The van der Waals surface area contributed by atoms with Crippen molar-refractivity contribution < 1.29 is 9.90 Å². The summed E-state index contributed by atoms with van der Waals surface area (Å²) in [5.41, 5.74) is 1.47. The number of rotatable bonds is 2. The van der Waals surface area contributed by atoms with Gasteiger partial charge in [-0.3, -0.25) is 0 Å². The molecule has 0 atom stereocenters. The fraction of sp³-hybridized carbons (Fsp3) is 0.182. The highest BCUT2D eigenvalue weighted by Gasteiger charge is 2.15. The smallest absolute Gasteiger partial charge is 0.356 e. The summed E-state index contributed by atoms with van der Waals surface area (Å²) < 4.78 is 2.44. The number of halogens is 2. The summed E-state index contributed by atoms with van der Waals surface area (Å²) in [6.07, 6.45) is 0. The number of hydrogen-bond donors (Lipinski definition) is 1. The molecule has 2 aromatic heterocycles. The summed E-state index contributed by atoms with van der Waals surface area (Å²) in [7, 11) is 0. The molecule has 7 heteroatoms. The predicted molar refractivity (Wildman–Crippen MR) is 70.5 cm³/mol. The Bertz CT molecular complexity index is 639. The summed E-state index contributed by atoms with van der Waals surface area (Å²) in [6.45, 7) is 3.71. The number of hydrogen-bond acceptors (Lipinski definition) is 3. The second-order valence-electron chi connectivity index (χ2n) is 3.70. The lowest BCUT2D eigenvalue weighted by Crippen LogP contribution is -2.08. The molecule has 0 bridgehead atoms. The van der Waals surface area contributed by atoms with Crippen molar-refractivity contribution in [2.24, 2.45) is 0 Å². The van der Waals surface area contributed by atoms with E-state index in [2.05, 4.69) is 26.0 Å². The van der Waals surface area contributed by atoms with Crippen LogP contribution >= 0.6 is 27.5 Å². The lowest BCUT2D eigenvalue weighted by atomic mass is 10.3. The Morgan fingerprint density at radius 3 is 2.61 bits per heavy atom. The van der Waals surface area contributed by atoms with Crippen molar-refractivity contribution in [3.05, 3.63) is 38.7 Å². The predicted octanol–water partition coefficient (Wildman–Crippen LogP) is 3.00. The maximum absolute atomic E-state index is 11.0. The molecule has 5 nitrogen and oxygen atoms in total. The fourth-order valence-corrected chi connectivity index (χ4v) is 1.98. The van der Waals surface area contributed by atoms with E-state index in [1.807, 2.05) is 13.8 Å². The normalized spacial score (nSPS) is 10.7. The third-order valence-electron chi connectivity index (χ3n) is 2.45. The zero-order valence-corrected chi connectivity index (χ0v) is 11.9. The quantitative estimate of drug-likeness (QED) is 0.919. The molecule has 1 N–H and O–H groups in total. The highest BCUT2D eigenvalue weighted by Crippen LogP contribution is 2.23. The molecule has 0 fully saturated rings. The first-order chi connectivity index (χ1) is 8.41. The molecule has 2 heterocycles. The maximum atomic E-state index is 11.0. The SMILES string of the molecule is Cc1nn(-c2ccc(Cl)c(C(=O)O)n2)c(C)c1Br. The van der Waals surface area contributed by atoms with Gasteiger partial charge in [0.2, 0.25) is 0 Å². The number of aromatic nitrogens is 3.